The van der Waals surface area contributed by atoms with Gasteiger partial charge in [-0.25, -0.2) is 18.1 Å². The lowest BCUT2D eigenvalue weighted by atomic mass is 10.2. The molecule has 0 saturated carbocycles. The molecule has 0 aliphatic heterocycles. The standard InChI is InChI=1S/C20H21N3O3S2/c1-13(2)23-28(25,26)17-8-4-15(5-9-17)6-11-20(24)22-16-7-10-18-19(12-16)27-14(3)21-18/h4-13,23H,1-3H3,(H,22,24)/b11-6+. The molecule has 2 aromatic carbocycles. The second-order valence-electron chi connectivity index (χ2n) is 6.58. The Bertz CT molecular complexity index is 1130. The molecule has 1 heterocycles. The van der Waals surface area contributed by atoms with Crippen molar-refractivity contribution in [2.75, 3.05) is 5.32 Å². The first-order chi connectivity index (χ1) is 13.2. The minimum atomic E-state index is -3.52. The molecule has 2 N–H and O–H groups in total. The number of benzene rings is 2. The van der Waals surface area contributed by atoms with Gasteiger partial charge in [0.05, 0.1) is 20.1 Å². The first kappa shape index (κ1) is 20.2. The molecule has 8 heteroatoms. The van der Waals surface area contributed by atoms with E-state index in [4.69, 9.17) is 0 Å². The number of rotatable bonds is 6. The van der Waals surface area contributed by atoms with Crippen LogP contribution in [-0.2, 0) is 14.8 Å². The van der Waals surface area contributed by atoms with E-state index >= 15 is 0 Å². The van der Waals surface area contributed by atoms with Crippen LogP contribution in [0.4, 0.5) is 5.69 Å². The third-order valence-corrected chi connectivity index (χ3v) is 6.38. The number of aryl methyl sites for hydroxylation is 1. The van der Waals surface area contributed by atoms with Crippen LogP contribution in [-0.4, -0.2) is 25.4 Å². The molecule has 0 saturated heterocycles. The molecule has 1 amide bonds. The average Bonchev–Trinajstić information content (AvgIpc) is 2.98. The summed E-state index contributed by atoms with van der Waals surface area (Å²) in [6.07, 6.45) is 3.05. The van der Waals surface area contributed by atoms with Crippen molar-refractivity contribution in [2.45, 2.75) is 31.7 Å². The summed E-state index contributed by atoms with van der Waals surface area (Å²) < 4.78 is 27.8. The van der Waals surface area contributed by atoms with Crippen LogP contribution < -0.4 is 10.0 Å². The van der Waals surface area contributed by atoms with E-state index in [1.165, 1.54) is 18.2 Å². The Balaban J connectivity index is 1.66. The summed E-state index contributed by atoms with van der Waals surface area (Å²) in [4.78, 5) is 16.7. The number of nitrogens with zero attached hydrogens (tertiary/aromatic N) is 1. The highest BCUT2D eigenvalue weighted by Crippen LogP contribution is 2.24. The van der Waals surface area contributed by atoms with Crippen molar-refractivity contribution >= 4 is 49.2 Å². The van der Waals surface area contributed by atoms with E-state index in [9.17, 15) is 13.2 Å². The number of thiazole rings is 1. The lowest BCUT2D eigenvalue weighted by Gasteiger charge is -2.09. The Kier molecular flexibility index (Phi) is 5.93. The Morgan fingerprint density at radius 2 is 1.86 bits per heavy atom. The van der Waals surface area contributed by atoms with Crippen LogP contribution in [0.5, 0.6) is 0 Å². The normalized spacial score (nSPS) is 12.1. The van der Waals surface area contributed by atoms with Crippen molar-refractivity contribution in [1.82, 2.24) is 9.71 Å². The fraction of sp³-hybridized carbons (Fsp3) is 0.200. The molecule has 0 radical (unpaired) electrons. The molecular formula is C20H21N3O3S2. The van der Waals surface area contributed by atoms with Crippen LogP contribution in [0.1, 0.15) is 24.4 Å². The highest BCUT2D eigenvalue weighted by atomic mass is 32.2. The molecule has 0 aliphatic carbocycles. The summed E-state index contributed by atoms with van der Waals surface area (Å²) in [5.41, 5.74) is 2.34. The Labute approximate surface area is 168 Å². The van der Waals surface area contributed by atoms with Crippen molar-refractivity contribution in [2.24, 2.45) is 0 Å². The first-order valence-corrected chi connectivity index (χ1v) is 11.0. The van der Waals surface area contributed by atoms with E-state index in [-0.39, 0.29) is 16.8 Å². The second kappa shape index (κ2) is 8.22. The fourth-order valence-corrected chi connectivity index (χ4v) is 4.73. The molecule has 0 aliphatic rings. The Hall–Kier alpha value is -2.55. The quantitative estimate of drug-likeness (QED) is 0.597. The lowest BCUT2D eigenvalue weighted by Crippen LogP contribution is -2.30. The molecule has 6 nitrogen and oxygen atoms in total. The number of carbonyl (C=O) groups excluding carboxylic acids is 1. The van der Waals surface area contributed by atoms with Gasteiger partial charge in [0.2, 0.25) is 15.9 Å². The topological polar surface area (TPSA) is 88.2 Å². The zero-order valence-corrected chi connectivity index (χ0v) is 17.4. The van der Waals surface area contributed by atoms with Crippen LogP contribution >= 0.6 is 11.3 Å². The number of hydrogen-bond acceptors (Lipinski definition) is 5. The van der Waals surface area contributed by atoms with Gasteiger partial charge in [0.15, 0.2) is 0 Å². The molecular weight excluding hydrogens is 394 g/mol. The van der Waals surface area contributed by atoms with E-state index in [0.29, 0.717) is 5.69 Å². The minimum Gasteiger partial charge on any atom is -0.322 e. The van der Waals surface area contributed by atoms with Crippen LogP contribution in [0.3, 0.4) is 0 Å². The summed E-state index contributed by atoms with van der Waals surface area (Å²) in [6, 6.07) is 11.8. The second-order valence-corrected chi connectivity index (χ2v) is 9.53. The summed E-state index contributed by atoms with van der Waals surface area (Å²) in [6.45, 7) is 5.48. The van der Waals surface area contributed by atoms with Crippen molar-refractivity contribution in [3.63, 3.8) is 0 Å². The number of hydrogen-bond donors (Lipinski definition) is 2. The first-order valence-electron chi connectivity index (χ1n) is 8.71. The van der Waals surface area contributed by atoms with E-state index in [1.54, 1.807) is 43.4 Å². The number of nitrogens with one attached hydrogen (secondary N) is 2. The summed E-state index contributed by atoms with van der Waals surface area (Å²) >= 11 is 1.58. The monoisotopic (exact) mass is 415 g/mol. The number of carbonyl (C=O) groups is 1. The Morgan fingerprint density at radius 3 is 2.54 bits per heavy atom. The number of amides is 1. The zero-order chi connectivity index (χ0) is 20.3. The predicted octanol–water partition coefficient (Wildman–Crippen LogP) is 3.94. The third-order valence-electron chi connectivity index (χ3n) is 3.77. The van der Waals surface area contributed by atoms with Gasteiger partial charge in [0.1, 0.15) is 0 Å². The maximum Gasteiger partial charge on any atom is 0.248 e. The molecule has 0 fully saturated rings. The molecule has 146 valence electrons. The molecule has 1 aromatic heterocycles. The van der Waals surface area contributed by atoms with Gasteiger partial charge < -0.3 is 5.32 Å². The van der Waals surface area contributed by atoms with Crippen molar-refractivity contribution in [1.29, 1.82) is 0 Å². The van der Waals surface area contributed by atoms with Crippen LogP contribution in [0, 0.1) is 6.92 Å². The predicted molar refractivity (Wildman–Crippen MR) is 114 cm³/mol. The SMILES string of the molecule is Cc1nc2ccc(NC(=O)/C=C/c3ccc(S(=O)(=O)NC(C)C)cc3)cc2s1. The number of aromatic nitrogens is 1. The summed E-state index contributed by atoms with van der Waals surface area (Å²) in [5, 5.41) is 3.80. The summed E-state index contributed by atoms with van der Waals surface area (Å²) in [5.74, 6) is -0.265. The van der Waals surface area contributed by atoms with E-state index in [2.05, 4.69) is 15.0 Å². The molecule has 0 unspecified atom stereocenters. The molecule has 28 heavy (non-hydrogen) atoms. The maximum atomic E-state index is 12.2. The molecule has 3 aromatic rings. The largest absolute Gasteiger partial charge is 0.322 e. The van der Waals surface area contributed by atoms with Crippen LogP contribution in [0.25, 0.3) is 16.3 Å². The molecule has 0 spiro atoms. The zero-order valence-electron chi connectivity index (χ0n) is 15.8. The van der Waals surface area contributed by atoms with Gasteiger partial charge in [-0.05, 0) is 62.7 Å². The lowest BCUT2D eigenvalue weighted by molar-refractivity contribution is -0.111. The molecule has 0 bridgehead atoms. The van der Waals surface area contributed by atoms with Crippen molar-refractivity contribution in [3.8, 4) is 0 Å². The molecule has 3 rings (SSSR count). The minimum absolute atomic E-state index is 0.179. The highest BCUT2D eigenvalue weighted by molar-refractivity contribution is 7.89. The van der Waals surface area contributed by atoms with E-state index in [0.717, 1.165) is 20.8 Å². The number of sulfonamides is 1. The third kappa shape index (κ3) is 5.03. The van der Waals surface area contributed by atoms with Gasteiger partial charge in [-0.15, -0.1) is 11.3 Å². The highest BCUT2D eigenvalue weighted by Gasteiger charge is 2.14. The van der Waals surface area contributed by atoms with Crippen molar-refractivity contribution in [3.05, 3.63) is 59.1 Å². The van der Waals surface area contributed by atoms with Gasteiger partial charge in [0.25, 0.3) is 0 Å². The van der Waals surface area contributed by atoms with Gasteiger partial charge in [-0.2, -0.15) is 0 Å². The number of fused-ring (bicyclic) bond motifs is 1. The maximum absolute atomic E-state index is 12.2. The van der Waals surface area contributed by atoms with Crippen LogP contribution in [0.2, 0.25) is 0 Å². The summed E-state index contributed by atoms with van der Waals surface area (Å²) in [7, 11) is -3.52. The van der Waals surface area contributed by atoms with E-state index in [1.807, 2.05) is 25.1 Å². The van der Waals surface area contributed by atoms with E-state index < -0.39 is 10.0 Å². The number of anilines is 1. The van der Waals surface area contributed by atoms with Gasteiger partial charge in [-0.3, -0.25) is 4.79 Å². The smallest absolute Gasteiger partial charge is 0.248 e. The molecule has 0 atom stereocenters. The van der Waals surface area contributed by atoms with Gasteiger partial charge >= 0.3 is 0 Å². The van der Waals surface area contributed by atoms with Gasteiger partial charge in [0, 0.05) is 17.8 Å². The average molecular weight is 416 g/mol. The van der Waals surface area contributed by atoms with Gasteiger partial charge in [-0.1, -0.05) is 12.1 Å². The Morgan fingerprint density at radius 1 is 1.14 bits per heavy atom. The fourth-order valence-electron chi connectivity index (χ4n) is 2.61. The van der Waals surface area contributed by atoms with Crippen LogP contribution in [0.15, 0.2) is 53.4 Å². The van der Waals surface area contributed by atoms with Crippen molar-refractivity contribution < 1.29 is 13.2 Å².